The Kier molecular flexibility index (Phi) is 12.4. The van der Waals surface area contributed by atoms with E-state index in [1.165, 1.54) is 0 Å². The van der Waals surface area contributed by atoms with Crippen LogP contribution in [0.1, 0.15) is 79.1 Å². The van der Waals surface area contributed by atoms with Crippen LogP contribution in [0.2, 0.25) is 0 Å². The molecule has 0 saturated carbocycles. The second kappa shape index (κ2) is 12.6. The molecule has 2 unspecified atom stereocenters. The summed E-state index contributed by atoms with van der Waals surface area (Å²) in [6, 6.07) is 0. The summed E-state index contributed by atoms with van der Waals surface area (Å²) in [5.74, 6) is -0.00314. The third-order valence-corrected chi connectivity index (χ3v) is 6.06. The SMILES string of the molecule is CC(C)(CCOP(N)(=O)O)CCC(=O)CCC(=O)CCC(C)(C)CCOP(N)(=O)O. The van der Waals surface area contributed by atoms with Gasteiger partial charge in [-0.2, -0.15) is 0 Å². The second-order valence-electron chi connectivity index (χ2n) is 9.20. The Morgan fingerprint density at radius 3 is 1.27 bits per heavy atom. The maximum atomic E-state index is 12.1. The highest BCUT2D eigenvalue weighted by atomic mass is 31.2. The number of carbonyl (C=O) groups is 2. The van der Waals surface area contributed by atoms with E-state index in [4.69, 9.17) is 20.8 Å². The van der Waals surface area contributed by atoms with E-state index in [0.29, 0.717) is 38.5 Å². The van der Waals surface area contributed by atoms with Crippen molar-refractivity contribution in [3.63, 3.8) is 0 Å². The Labute approximate surface area is 179 Å². The first kappa shape index (κ1) is 29.6. The van der Waals surface area contributed by atoms with Crippen LogP contribution in [0.4, 0.5) is 0 Å². The van der Waals surface area contributed by atoms with Crippen LogP contribution >= 0.6 is 15.5 Å². The van der Waals surface area contributed by atoms with Crippen molar-refractivity contribution in [1.29, 1.82) is 0 Å². The van der Waals surface area contributed by atoms with Crippen molar-refractivity contribution >= 4 is 27.1 Å². The van der Waals surface area contributed by atoms with Crippen LogP contribution in [0.25, 0.3) is 0 Å². The Bertz CT molecular complexity index is 599. The normalized spacial score (nSPS) is 16.7. The van der Waals surface area contributed by atoms with E-state index in [-0.39, 0.29) is 48.5 Å². The van der Waals surface area contributed by atoms with Gasteiger partial charge in [-0.3, -0.25) is 18.6 Å². The summed E-state index contributed by atoms with van der Waals surface area (Å²) in [6.45, 7) is 7.79. The molecular formula is C18H38N2O8P2. The van der Waals surface area contributed by atoms with Gasteiger partial charge >= 0.3 is 15.5 Å². The van der Waals surface area contributed by atoms with Gasteiger partial charge < -0.3 is 9.79 Å². The van der Waals surface area contributed by atoms with Crippen molar-refractivity contribution in [1.82, 2.24) is 0 Å². The van der Waals surface area contributed by atoms with Gasteiger partial charge in [0, 0.05) is 25.7 Å². The number of hydrogen-bond donors (Lipinski definition) is 4. The first-order valence-corrected chi connectivity index (χ1v) is 13.3. The molecule has 0 radical (unpaired) electrons. The van der Waals surface area contributed by atoms with E-state index in [1.807, 2.05) is 27.7 Å². The molecule has 0 aromatic heterocycles. The molecule has 0 spiro atoms. The molecule has 6 N–H and O–H groups in total. The van der Waals surface area contributed by atoms with Crippen LogP contribution in [-0.2, 0) is 27.8 Å². The van der Waals surface area contributed by atoms with Gasteiger partial charge in [0.15, 0.2) is 0 Å². The maximum absolute atomic E-state index is 12.1. The molecule has 12 heteroatoms. The number of Topliss-reactive ketones (excluding diaryl/α,β-unsaturated/α-hetero) is 2. The zero-order valence-corrected chi connectivity index (χ0v) is 20.3. The molecule has 0 aromatic rings. The van der Waals surface area contributed by atoms with Gasteiger partial charge in [-0.15, -0.1) is 0 Å². The molecule has 0 saturated heterocycles. The van der Waals surface area contributed by atoms with Crippen LogP contribution in [0.3, 0.4) is 0 Å². The summed E-state index contributed by atoms with van der Waals surface area (Å²) in [5, 5.41) is 0. The largest absolute Gasteiger partial charge is 0.400 e. The van der Waals surface area contributed by atoms with E-state index in [9.17, 15) is 18.7 Å². The summed E-state index contributed by atoms with van der Waals surface area (Å²) in [7, 11) is -7.97. The lowest BCUT2D eigenvalue weighted by atomic mass is 9.83. The van der Waals surface area contributed by atoms with Crippen LogP contribution in [0, 0.1) is 10.8 Å². The highest BCUT2D eigenvalue weighted by Crippen LogP contribution is 2.35. The lowest BCUT2D eigenvalue weighted by molar-refractivity contribution is -0.124. The molecule has 0 amide bonds. The van der Waals surface area contributed by atoms with Gasteiger partial charge in [0.1, 0.15) is 11.6 Å². The first-order chi connectivity index (χ1) is 13.4. The van der Waals surface area contributed by atoms with E-state index >= 15 is 0 Å². The predicted molar refractivity (Wildman–Crippen MR) is 114 cm³/mol. The molecular weight excluding hydrogens is 434 g/mol. The number of rotatable bonds is 17. The van der Waals surface area contributed by atoms with Gasteiger partial charge in [0.05, 0.1) is 13.2 Å². The Morgan fingerprint density at radius 2 is 1.00 bits per heavy atom. The molecule has 0 aliphatic carbocycles. The van der Waals surface area contributed by atoms with Crippen LogP contribution < -0.4 is 11.0 Å². The average Bonchev–Trinajstić information content (AvgIpc) is 2.53. The lowest BCUT2D eigenvalue weighted by Gasteiger charge is -2.24. The molecule has 0 aromatic carbocycles. The average molecular weight is 472 g/mol. The van der Waals surface area contributed by atoms with Gasteiger partial charge in [0.2, 0.25) is 0 Å². The minimum absolute atomic E-state index is 0.00157. The highest BCUT2D eigenvalue weighted by molar-refractivity contribution is 7.50. The van der Waals surface area contributed by atoms with Crippen LogP contribution in [-0.4, -0.2) is 34.6 Å². The summed E-state index contributed by atoms with van der Waals surface area (Å²) in [6.07, 6.45) is 3.13. The van der Waals surface area contributed by atoms with Crippen molar-refractivity contribution < 1.29 is 37.6 Å². The number of ketones is 2. The molecule has 0 fully saturated rings. The molecule has 10 nitrogen and oxygen atoms in total. The van der Waals surface area contributed by atoms with E-state index < -0.39 is 15.5 Å². The molecule has 0 rings (SSSR count). The first-order valence-electron chi connectivity index (χ1n) is 9.96. The Balaban J connectivity index is 4.11. The second-order valence-corrected chi connectivity index (χ2v) is 12.0. The maximum Gasteiger partial charge on any atom is 0.400 e. The fraction of sp³-hybridized carbons (Fsp3) is 0.889. The summed E-state index contributed by atoms with van der Waals surface area (Å²) < 4.78 is 31.2. The van der Waals surface area contributed by atoms with E-state index in [1.54, 1.807) is 0 Å². The standard InChI is InChI=1S/C18H38N2O8P2/c1-17(2,11-13-27-29(19,23)24)9-7-15(21)5-6-16(22)8-10-18(3,4)12-14-28-30(20,25)26/h5-14H2,1-4H3,(H3,19,23,24)(H3,20,25,26). The minimum Gasteiger partial charge on any atom is -0.313 e. The zero-order valence-electron chi connectivity index (χ0n) is 18.5. The fourth-order valence-electron chi connectivity index (χ4n) is 2.64. The van der Waals surface area contributed by atoms with Crippen molar-refractivity contribution in [2.45, 2.75) is 79.1 Å². The molecule has 2 atom stereocenters. The molecule has 30 heavy (non-hydrogen) atoms. The number of carbonyl (C=O) groups excluding carboxylic acids is 2. The molecule has 0 bridgehead atoms. The lowest BCUT2D eigenvalue weighted by Crippen LogP contribution is -2.18. The van der Waals surface area contributed by atoms with Gasteiger partial charge in [-0.05, 0) is 36.5 Å². The van der Waals surface area contributed by atoms with Crippen molar-refractivity contribution in [2.24, 2.45) is 21.8 Å². The van der Waals surface area contributed by atoms with E-state index in [0.717, 1.165) is 0 Å². The molecule has 178 valence electrons. The Morgan fingerprint density at radius 1 is 0.700 bits per heavy atom. The number of nitrogens with two attached hydrogens (primary N) is 2. The highest BCUT2D eigenvalue weighted by Gasteiger charge is 2.23. The Hall–Kier alpha value is -0.440. The summed E-state index contributed by atoms with van der Waals surface area (Å²) in [5.41, 5.74) is 9.31. The molecule has 0 aliphatic heterocycles. The van der Waals surface area contributed by atoms with Crippen LogP contribution in [0.15, 0.2) is 0 Å². The third-order valence-electron chi connectivity index (χ3n) is 4.95. The smallest absolute Gasteiger partial charge is 0.313 e. The monoisotopic (exact) mass is 472 g/mol. The zero-order chi connectivity index (χ0) is 23.6. The molecule has 0 heterocycles. The molecule has 0 aliphatic rings. The van der Waals surface area contributed by atoms with Gasteiger partial charge in [-0.25, -0.2) is 20.1 Å². The minimum atomic E-state index is -3.98. The van der Waals surface area contributed by atoms with Gasteiger partial charge in [-0.1, -0.05) is 27.7 Å². The summed E-state index contributed by atoms with van der Waals surface area (Å²) >= 11 is 0. The predicted octanol–water partition coefficient (Wildman–Crippen LogP) is 3.45. The van der Waals surface area contributed by atoms with Crippen molar-refractivity contribution in [2.75, 3.05) is 13.2 Å². The van der Waals surface area contributed by atoms with Gasteiger partial charge in [0.25, 0.3) is 0 Å². The summed E-state index contributed by atoms with van der Waals surface area (Å²) in [4.78, 5) is 42.0. The third kappa shape index (κ3) is 18.3. The van der Waals surface area contributed by atoms with Crippen LogP contribution in [0.5, 0.6) is 0 Å². The van der Waals surface area contributed by atoms with E-state index in [2.05, 4.69) is 9.05 Å². The topological polar surface area (TPSA) is 179 Å². The van der Waals surface area contributed by atoms with Crippen molar-refractivity contribution in [3.8, 4) is 0 Å². The van der Waals surface area contributed by atoms with Crippen molar-refractivity contribution in [3.05, 3.63) is 0 Å². The quantitative estimate of drug-likeness (QED) is 0.229. The fourth-order valence-corrected chi connectivity index (χ4v) is 3.35. The number of hydrogen-bond acceptors (Lipinski definition) is 6.